The number of hydrogen-bond acceptors (Lipinski definition) is 2. The van der Waals surface area contributed by atoms with Gasteiger partial charge in [0, 0.05) is 12.5 Å². The van der Waals surface area contributed by atoms with Crippen LogP contribution in [0.2, 0.25) is 0 Å². The number of aromatic hydroxyl groups is 1. The Morgan fingerprint density at radius 1 is 1.06 bits per heavy atom. The van der Waals surface area contributed by atoms with Gasteiger partial charge >= 0.3 is 0 Å². The molecule has 0 amide bonds. The van der Waals surface area contributed by atoms with Crippen molar-refractivity contribution in [2.24, 2.45) is 11.8 Å². The van der Waals surface area contributed by atoms with E-state index >= 15 is 0 Å². The zero-order valence-corrected chi connectivity index (χ0v) is 9.43. The Morgan fingerprint density at radius 2 is 1.81 bits per heavy atom. The van der Waals surface area contributed by atoms with E-state index in [-0.39, 0.29) is 0 Å². The number of phenolic OH excluding ortho intramolecular Hbond substituents is 1. The fourth-order valence-electron chi connectivity index (χ4n) is 2.91. The fourth-order valence-corrected chi connectivity index (χ4v) is 2.91. The number of benzene rings is 1. The van der Waals surface area contributed by atoms with Gasteiger partial charge in [0.15, 0.2) is 0 Å². The first kappa shape index (κ1) is 10.2. The highest BCUT2D eigenvalue weighted by molar-refractivity contribution is 5.29. The van der Waals surface area contributed by atoms with Gasteiger partial charge in [0.2, 0.25) is 0 Å². The molecule has 1 saturated carbocycles. The van der Waals surface area contributed by atoms with E-state index in [2.05, 4.69) is 0 Å². The zero-order valence-electron chi connectivity index (χ0n) is 9.43. The second kappa shape index (κ2) is 4.10. The second-order valence-electron chi connectivity index (χ2n) is 5.06. The van der Waals surface area contributed by atoms with Gasteiger partial charge < -0.3 is 9.84 Å². The molecule has 0 radical (unpaired) electrons. The van der Waals surface area contributed by atoms with E-state index in [0.717, 1.165) is 25.0 Å². The molecular weight excluding hydrogens is 200 g/mol. The normalized spacial score (nSPS) is 30.2. The molecule has 3 rings (SSSR count). The Labute approximate surface area is 96.2 Å². The quantitative estimate of drug-likeness (QED) is 0.827. The minimum absolute atomic E-state index is 0.350. The third-order valence-corrected chi connectivity index (χ3v) is 3.96. The van der Waals surface area contributed by atoms with Crippen LogP contribution < -0.4 is 0 Å². The lowest BCUT2D eigenvalue weighted by atomic mass is 9.80. The summed E-state index contributed by atoms with van der Waals surface area (Å²) in [7, 11) is 0. The smallest absolute Gasteiger partial charge is 0.115 e. The van der Waals surface area contributed by atoms with Crippen LogP contribution in [0.5, 0.6) is 5.75 Å². The summed E-state index contributed by atoms with van der Waals surface area (Å²) in [6.45, 7) is 1.78. The summed E-state index contributed by atoms with van der Waals surface area (Å²) in [5, 5.41) is 9.31. The van der Waals surface area contributed by atoms with Gasteiger partial charge in [-0.2, -0.15) is 0 Å². The molecule has 1 aromatic rings. The number of hydrogen-bond donors (Lipinski definition) is 1. The van der Waals surface area contributed by atoms with Crippen LogP contribution in [0.3, 0.4) is 0 Å². The van der Waals surface area contributed by atoms with E-state index in [1.165, 1.54) is 24.8 Å². The largest absolute Gasteiger partial charge is 0.508 e. The summed E-state index contributed by atoms with van der Waals surface area (Å²) >= 11 is 0. The van der Waals surface area contributed by atoms with Gasteiger partial charge in [-0.1, -0.05) is 12.1 Å². The maximum Gasteiger partial charge on any atom is 0.115 e. The molecule has 1 aromatic carbocycles. The predicted molar refractivity (Wildman–Crippen MR) is 62.5 cm³/mol. The Hall–Kier alpha value is -1.02. The van der Waals surface area contributed by atoms with Crippen LogP contribution in [0, 0.1) is 11.8 Å². The van der Waals surface area contributed by atoms with Crippen molar-refractivity contribution in [3.8, 4) is 5.75 Å². The molecule has 86 valence electrons. The lowest BCUT2D eigenvalue weighted by Gasteiger charge is -2.32. The lowest BCUT2D eigenvalue weighted by Crippen LogP contribution is -2.27. The average Bonchev–Trinajstić information content (AvgIpc) is 3.14. The Morgan fingerprint density at radius 3 is 2.50 bits per heavy atom. The maximum atomic E-state index is 9.31. The molecule has 1 N–H and O–H groups in total. The van der Waals surface area contributed by atoms with Crippen LogP contribution >= 0.6 is 0 Å². The minimum atomic E-state index is 0.350. The molecule has 1 aliphatic heterocycles. The van der Waals surface area contributed by atoms with E-state index in [4.69, 9.17) is 4.74 Å². The van der Waals surface area contributed by atoms with Crippen molar-refractivity contribution in [3.63, 3.8) is 0 Å². The average molecular weight is 218 g/mol. The molecule has 16 heavy (non-hydrogen) atoms. The van der Waals surface area contributed by atoms with Crippen LogP contribution in [0.15, 0.2) is 24.3 Å². The van der Waals surface area contributed by atoms with Gasteiger partial charge in [0.05, 0.1) is 6.61 Å². The molecule has 1 aliphatic carbocycles. The van der Waals surface area contributed by atoms with Crippen molar-refractivity contribution < 1.29 is 9.84 Å². The predicted octanol–water partition coefficient (Wildman–Crippen LogP) is 2.92. The topological polar surface area (TPSA) is 29.5 Å². The Bertz CT molecular complexity index is 354. The molecule has 2 atom stereocenters. The molecule has 2 aliphatic rings. The standard InChI is InChI=1S/C14H18O2/c15-12-5-3-11(4-6-12)14-9-16-8-7-13(14)10-1-2-10/h3-6,10,13-15H,1-2,7-9H2/t13?,14-/m0/s1. The first-order chi connectivity index (χ1) is 7.84. The first-order valence-electron chi connectivity index (χ1n) is 6.21. The number of rotatable bonds is 2. The fraction of sp³-hybridized carbons (Fsp3) is 0.571. The van der Waals surface area contributed by atoms with E-state index in [1.807, 2.05) is 12.1 Å². The highest BCUT2D eigenvalue weighted by atomic mass is 16.5. The summed E-state index contributed by atoms with van der Waals surface area (Å²) in [5.41, 5.74) is 1.33. The first-order valence-corrected chi connectivity index (χ1v) is 6.21. The molecule has 0 bridgehead atoms. The third kappa shape index (κ3) is 1.94. The summed E-state index contributed by atoms with van der Waals surface area (Å²) in [6.07, 6.45) is 4.01. The molecule has 2 heteroatoms. The SMILES string of the molecule is Oc1ccc([C@@H]2COCCC2C2CC2)cc1. The van der Waals surface area contributed by atoms with Crippen molar-refractivity contribution in [1.29, 1.82) is 0 Å². The number of phenols is 1. The van der Waals surface area contributed by atoms with E-state index in [0.29, 0.717) is 11.7 Å². The second-order valence-corrected chi connectivity index (χ2v) is 5.06. The number of ether oxygens (including phenoxy) is 1. The molecule has 0 aromatic heterocycles. The van der Waals surface area contributed by atoms with Gasteiger partial charge in [-0.3, -0.25) is 0 Å². The van der Waals surface area contributed by atoms with Crippen molar-refractivity contribution in [2.75, 3.05) is 13.2 Å². The Kier molecular flexibility index (Phi) is 2.60. The molecular formula is C14H18O2. The van der Waals surface area contributed by atoms with Gasteiger partial charge in [0.25, 0.3) is 0 Å². The van der Waals surface area contributed by atoms with Crippen molar-refractivity contribution in [1.82, 2.24) is 0 Å². The van der Waals surface area contributed by atoms with E-state index in [1.54, 1.807) is 12.1 Å². The van der Waals surface area contributed by atoms with Crippen LogP contribution in [-0.2, 0) is 4.74 Å². The summed E-state index contributed by atoms with van der Waals surface area (Å²) in [4.78, 5) is 0. The summed E-state index contributed by atoms with van der Waals surface area (Å²) in [6, 6.07) is 7.66. The van der Waals surface area contributed by atoms with Gasteiger partial charge in [-0.25, -0.2) is 0 Å². The Balaban J connectivity index is 1.82. The zero-order chi connectivity index (χ0) is 11.0. The van der Waals surface area contributed by atoms with E-state index < -0.39 is 0 Å². The van der Waals surface area contributed by atoms with Gasteiger partial charge in [0.1, 0.15) is 5.75 Å². The summed E-state index contributed by atoms with van der Waals surface area (Å²) in [5.74, 6) is 2.63. The van der Waals surface area contributed by atoms with Crippen LogP contribution in [-0.4, -0.2) is 18.3 Å². The van der Waals surface area contributed by atoms with Crippen LogP contribution in [0.1, 0.15) is 30.7 Å². The van der Waals surface area contributed by atoms with E-state index in [9.17, 15) is 5.11 Å². The molecule has 2 fully saturated rings. The molecule has 2 nitrogen and oxygen atoms in total. The van der Waals surface area contributed by atoms with Gasteiger partial charge in [-0.05, 0) is 48.8 Å². The van der Waals surface area contributed by atoms with Crippen molar-refractivity contribution in [3.05, 3.63) is 29.8 Å². The molecule has 1 heterocycles. The van der Waals surface area contributed by atoms with Crippen LogP contribution in [0.4, 0.5) is 0 Å². The summed E-state index contributed by atoms with van der Waals surface area (Å²) < 4.78 is 5.61. The monoisotopic (exact) mass is 218 g/mol. The highest BCUT2D eigenvalue weighted by Crippen LogP contribution is 2.47. The lowest BCUT2D eigenvalue weighted by molar-refractivity contribution is 0.0398. The van der Waals surface area contributed by atoms with Crippen molar-refractivity contribution >= 4 is 0 Å². The van der Waals surface area contributed by atoms with Crippen LogP contribution in [0.25, 0.3) is 0 Å². The molecule has 1 saturated heterocycles. The molecule has 1 unspecified atom stereocenters. The minimum Gasteiger partial charge on any atom is -0.508 e. The molecule has 0 spiro atoms. The highest BCUT2D eigenvalue weighted by Gasteiger charge is 2.38. The maximum absolute atomic E-state index is 9.31. The van der Waals surface area contributed by atoms with Gasteiger partial charge in [-0.15, -0.1) is 0 Å². The third-order valence-electron chi connectivity index (χ3n) is 3.96. The van der Waals surface area contributed by atoms with Crippen molar-refractivity contribution in [2.45, 2.75) is 25.2 Å².